The first kappa shape index (κ1) is 15.2. The first-order valence-electron chi connectivity index (χ1n) is 6.54. The van der Waals surface area contributed by atoms with Crippen LogP contribution in [0.25, 0.3) is 0 Å². The Kier molecular flexibility index (Phi) is 8.54. The molecule has 0 aliphatic carbocycles. The van der Waals surface area contributed by atoms with Gasteiger partial charge in [-0.25, -0.2) is 0 Å². The number of hydrogen-bond donors (Lipinski definition) is 1. The fourth-order valence-electron chi connectivity index (χ4n) is 1.65. The first-order valence-corrected chi connectivity index (χ1v) is 6.54. The van der Waals surface area contributed by atoms with E-state index in [2.05, 4.69) is 9.89 Å². The van der Waals surface area contributed by atoms with Crippen molar-refractivity contribution in [3.05, 3.63) is 0 Å². The van der Waals surface area contributed by atoms with Crippen molar-refractivity contribution in [3.8, 4) is 0 Å². The zero-order valence-electron chi connectivity index (χ0n) is 11.3. The van der Waals surface area contributed by atoms with E-state index >= 15 is 0 Å². The summed E-state index contributed by atoms with van der Waals surface area (Å²) in [5.74, 6) is 0.638. The molecule has 6 heteroatoms. The number of rotatable bonds is 8. The van der Waals surface area contributed by atoms with E-state index in [-0.39, 0.29) is 0 Å². The van der Waals surface area contributed by atoms with Crippen LogP contribution >= 0.6 is 0 Å². The van der Waals surface area contributed by atoms with Gasteiger partial charge in [0.25, 0.3) is 0 Å². The number of nitrogens with zero attached hydrogens (tertiary/aromatic N) is 2. The zero-order valence-corrected chi connectivity index (χ0v) is 11.3. The van der Waals surface area contributed by atoms with E-state index in [1.807, 2.05) is 0 Å². The number of nitrogens with two attached hydrogens (primary N) is 1. The number of guanidine groups is 1. The van der Waals surface area contributed by atoms with Gasteiger partial charge in [-0.2, -0.15) is 0 Å². The monoisotopic (exact) mass is 259 g/mol. The number of morpholine rings is 1. The highest BCUT2D eigenvalue weighted by molar-refractivity contribution is 5.78. The predicted octanol–water partition coefficient (Wildman–Crippen LogP) is 0.0765. The molecule has 0 spiro atoms. The average Bonchev–Trinajstić information content (AvgIpc) is 2.42. The molecule has 6 nitrogen and oxygen atoms in total. The maximum absolute atomic E-state index is 5.90. The van der Waals surface area contributed by atoms with Crippen LogP contribution in [0.15, 0.2) is 4.99 Å². The minimum absolute atomic E-state index is 0.638. The molecular formula is C12H25N3O3. The van der Waals surface area contributed by atoms with Gasteiger partial charge < -0.3 is 24.8 Å². The van der Waals surface area contributed by atoms with Gasteiger partial charge in [-0.1, -0.05) is 0 Å². The normalized spacial score (nSPS) is 17.2. The summed E-state index contributed by atoms with van der Waals surface area (Å²) in [5.41, 5.74) is 5.90. The molecule has 0 aromatic rings. The van der Waals surface area contributed by atoms with E-state index in [0.717, 1.165) is 52.3 Å². The fraction of sp³-hybridized carbons (Fsp3) is 0.917. The first-order chi connectivity index (χ1) is 8.84. The lowest BCUT2D eigenvalue weighted by molar-refractivity contribution is 0.0671. The molecule has 0 unspecified atom stereocenters. The molecule has 1 aliphatic heterocycles. The Balaban J connectivity index is 1.98. The Labute approximate surface area is 109 Å². The topological polar surface area (TPSA) is 69.3 Å². The van der Waals surface area contributed by atoms with Gasteiger partial charge >= 0.3 is 0 Å². The van der Waals surface area contributed by atoms with E-state index in [0.29, 0.717) is 19.2 Å². The van der Waals surface area contributed by atoms with Crippen LogP contribution in [0.1, 0.15) is 12.8 Å². The van der Waals surface area contributed by atoms with E-state index in [1.165, 1.54) is 0 Å². The summed E-state index contributed by atoms with van der Waals surface area (Å²) in [4.78, 5) is 6.43. The molecule has 0 saturated carbocycles. The summed E-state index contributed by atoms with van der Waals surface area (Å²) in [7, 11) is 1.67. The second-order valence-electron chi connectivity index (χ2n) is 4.15. The Bertz CT molecular complexity index is 231. The molecule has 1 rings (SSSR count). The predicted molar refractivity (Wildman–Crippen MR) is 70.8 cm³/mol. The van der Waals surface area contributed by atoms with Crippen molar-refractivity contribution < 1.29 is 14.2 Å². The number of methoxy groups -OCH3 is 1. The second kappa shape index (κ2) is 10.1. The van der Waals surface area contributed by atoms with Crippen molar-refractivity contribution in [3.63, 3.8) is 0 Å². The number of unbranched alkanes of at least 4 members (excludes halogenated alkanes) is 1. The van der Waals surface area contributed by atoms with Crippen molar-refractivity contribution >= 4 is 5.96 Å². The molecule has 2 N–H and O–H groups in total. The Morgan fingerprint density at radius 2 is 2.00 bits per heavy atom. The van der Waals surface area contributed by atoms with Gasteiger partial charge in [0.2, 0.25) is 0 Å². The maximum atomic E-state index is 5.90. The number of ether oxygens (including phenoxy) is 3. The molecule has 1 heterocycles. The lowest BCUT2D eigenvalue weighted by Crippen LogP contribution is -2.44. The van der Waals surface area contributed by atoms with Crippen LogP contribution in [-0.4, -0.2) is 70.6 Å². The van der Waals surface area contributed by atoms with Gasteiger partial charge in [-0.3, -0.25) is 4.99 Å². The van der Waals surface area contributed by atoms with Gasteiger partial charge in [0, 0.05) is 33.4 Å². The minimum atomic E-state index is 0.638. The molecule has 1 saturated heterocycles. The van der Waals surface area contributed by atoms with Crippen LogP contribution in [0.4, 0.5) is 0 Å². The van der Waals surface area contributed by atoms with E-state index in [4.69, 9.17) is 19.9 Å². The molecule has 18 heavy (non-hydrogen) atoms. The SMILES string of the molecule is COCCOCCCCN=C(N)N1CCOCC1. The summed E-state index contributed by atoms with van der Waals surface area (Å²) < 4.78 is 15.5. The van der Waals surface area contributed by atoms with Crippen LogP contribution < -0.4 is 5.73 Å². The second-order valence-corrected chi connectivity index (χ2v) is 4.15. The number of hydrogen-bond acceptors (Lipinski definition) is 4. The average molecular weight is 259 g/mol. The van der Waals surface area contributed by atoms with Crippen LogP contribution in [0.5, 0.6) is 0 Å². The maximum Gasteiger partial charge on any atom is 0.191 e. The lowest BCUT2D eigenvalue weighted by Gasteiger charge is -2.27. The van der Waals surface area contributed by atoms with E-state index in [9.17, 15) is 0 Å². The largest absolute Gasteiger partial charge is 0.382 e. The van der Waals surface area contributed by atoms with Crippen molar-refractivity contribution in [1.29, 1.82) is 0 Å². The number of aliphatic imine (C=N–C) groups is 1. The molecule has 0 radical (unpaired) electrons. The molecule has 1 aliphatic rings. The molecule has 0 aromatic carbocycles. The fourth-order valence-corrected chi connectivity index (χ4v) is 1.65. The zero-order chi connectivity index (χ0) is 13.1. The van der Waals surface area contributed by atoms with Crippen molar-refractivity contribution in [1.82, 2.24) is 4.90 Å². The molecule has 1 fully saturated rings. The quantitative estimate of drug-likeness (QED) is 0.380. The standard InChI is InChI=1S/C12H25N3O3/c1-16-10-11-17-7-3-2-4-14-12(13)15-5-8-18-9-6-15/h2-11H2,1H3,(H2,13,14). The van der Waals surface area contributed by atoms with E-state index < -0.39 is 0 Å². The lowest BCUT2D eigenvalue weighted by atomic mass is 10.3. The van der Waals surface area contributed by atoms with Crippen molar-refractivity contribution in [2.75, 3.05) is 59.8 Å². The minimum Gasteiger partial charge on any atom is -0.382 e. The van der Waals surface area contributed by atoms with Crippen LogP contribution in [0.2, 0.25) is 0 Å². The van der Waals surface area contributed by atoms with Gasteiger partial charge in [0.1, 0.15) is 0 Å². The molecule has 0 aromatic heterocycles. The van der Waals surface area contributed by atoms with Gasteiger partial charge in [0.05, 0.1) is 26.4 Å². The van der Waals surface area contributed by atoms with Crippen molar-refractivity contribution in [2.24, 2.45) is 10.7 Å². The Morgan fingerprint density at radius 3 is 2.72 bits per heavy atom. The summed E-state index contributed by atoms with van der Waals surface area (Å²) in [6.07, 6.45) is 2.00. The smallest absolute Gasteiger partial charge is 0.191 e. The summed E-state index contributed by atoms with van der Waals surface area (Å²) >= 11 is 0. The van der Waals surface area contributed by atoms with Crippen LogP contribution in [0, 0.1) is 0 Å². The molecule has 0 atom stereocenters. The van der Waals surface area contributed by atoms with Gasteiger partial charge in [-0.05, 0) is 12.8 Å². The molecule has 0 bridgehead atoms. The van der Waals surface area contributed by atoms with Gasteiger partial charge in [-0.15, -0.1) is 0 Å². The molecular weight excluding hydrogens is 234 g/mol. The summed E-state index contributed by atoms with van der Waals surface area (Å²) in [6.45, 7) is 6.00. The van der Waals surface area contributed by atoms with Crippen LogP contribution in [-0.2, 0) is 14.2 Å². The van der Waals surface area contributed by atoms with E-state index in [1.54, 1.807) is 7.11 Å². The Hall–Kier alpha value is -0.850. The third-order valence-corrected chi connectivity index (χ3v) is 2.74. The highest BCUT2D eigenvalue weighted by Crippen LogP contribution is 1.97. The highest BCUT2D eigenvalue weighted by Gasteiger charge is 2.11. The Morgan fingerprint density at radius 1 is 1.22 bits per heavy atom. The van der Waals surface area contributed by atoms with Crippen LogP contribution in [0.3, 0.4) is 0 Å². The van der Waals surface area contributed by atoms with Crippen molar-refractivity contribution in [2.45, 2.75) is 12.8 Å². The highest BCUT2D eigenvalue weighted by atomic mass is 16.5. The van der Waals surface area contributed by atoms with Gasteiger partial charge in [0.15, 0.2) is 5.96 Å². The summed E-state index contributed by atoms with van der Waals surface area (Å²) in [6, 6.07) is 0. The summed E-state index contributed by atoms with van der Waals surface area (Å²) in [5, 5.41) is 0. The third-order valence-electron chi connectivity index (χ3n) is 2.74. The molecule has 106 valence electrons. The third kappa shape index (κ3) is 6.78. The molecule has 0 amide bonds.